The van der Waals surface area contributed by atoms with Gasteiger partial charge in [0.15, 0.2) is 0 Å². The van der Waals surface area contributed by atoms with Gasteiger partial charge in [0.25, 0.3) is 6.43 Å². The molecule has 1 atom stereocenters. The highest BCUT2D eigenvalue weighted by Gasteiger charge is 2.10. The summed E-state index contributed by atoms with van der Waals surface area (Å²) in [6.07, 6.45) is 0.471. The van der Waals surface area contributed by atoms with E-state index in [1.807, 2.05) is 6.07 Å². The minimum atomic E-state index is -2.35. The Morgan fingerprint density at radius 3 is 2.61 bits per heavy atom. The van der Waals surface area contributed by atoms with E-state index in [2.05, 4.69) is 24.1 Å². The van der Waals surface area contributed by atoms with E-state index in [-0.39, 0.29) is 12.6 Å². The quantitative estimate of drug-likeness (QED) is 0.814. The van der Waals surface area contributed by atoms with Crippen molar-refractivity contribution >= 4 is 5.82 Å². The molecule has 18 heavy (non-hydrogen) atoms. The van der Waals surface area contributed by atoms with Crippen LogP contribution in [0.3, 0.4) is 0 Å². The number of anilines is 1. The van der Waals surface area contributed by atoms with Gasteiger partial charge in [-0.1, -0.05) is 13.0 Å². The van der Waals surface area contributed by atoms with Gasteiger partial charge in [0.2, 0.25) is 0 Å². The maximum Gasteiger partial charge on any atom is 0.255 e. The highest BCUT2D eigenvalue weighted by molar-refractivity contribution is 5.38. The Morgan fingerprint density at radius 2 is 2.11 bits per heavy atom. The fourth-order valence-corrected chi connectivity index (χ4v) is 1.66. The highest BCUT2D eigenvalue weighted by Crippen LogP contribution is 2.15. The predicted octanol–water partition coefficient (Wildman–Crippen LogP) is 2.84. The summed E-state index contributed by atoms with van der Waals surface area (Å²) in [6.45, 7) is 4.83. The first-order chi connectivity index (χ1) is 8.54. The van der Waals surface area contributed by atoms with Crippen molar-refractivity contribution in [2.75, 3.05) is 25.0 Å². The van der Waals surface area contributed by atoms with Crippen molar-refractivity contribution in [3.63, 3.8) is 0 Å². The summed E-state index contributed by atoms with van der Waals surface area (Å²) in [5.41, 5.74) is 1.07. The molecule has 0 saturated heterocycles. The van der Waals surface area contributed by atoms with E-state index in [4.69, 9.17) is 0 Å². The van der Waals surface area contributed by atoms with Crippen LogP contribution < -0.4 is 10.2 Å². The lowest BCUT2D eigenvalue weighted by atomic mass is 10.1. The zero-order valence-corrected chi connectivity index (χ0v) is 11.2. The van der Waals surface area contributed by atoms with E-state index in [9.17, 15) is 8.78 Å². The van der Waals surface area contributed by atoms with E-state index < -0.39 is 6.43 Å². The molecule has 0 fully saturated rings. The molecule has 1 N–H and O–H groups in total. The van der Waals surface area contributed by atoms with Crippen molar-refractivity contribution in [3.05, 3.63) is 23.9 Å². The van der Waals surface area contributed by atoms with E-state index in [1.54, 1.807) is 19.3 Å². The van der Waals surface area contributed by atoms with Crippen molar-refractivity contribution in [3.8, 4) is 0 Å². The molecular formula is C13H21F2N3. The van der Waals surface area contributed by atoms with E-state index in [1.165, 1.54) is 4.90 Å². The summed E-state index contributed by atoms with van der Waals surface area (Å²) >= 11 is 0. The molecule has 1 heterocycles. The molecule has 0 spiro atoms. The molecular weight excluding hydrogens is 236 g/mol. The molecule has 1 aromatic heterocycles. The van der Waals surface area contributed by atoms with Crippen LogP contribution in [0.2, 0.25) is 0 Å². The van der Waals surface area contributed by atoms with Crippen LogP contribution in [0.25, 0.3) is 0 Å². The van der Waals surface area contributed by atoms with Gasteiger partial charge in [-0.2, -0.15) is 0 Å². The molecule has 0 bridgehead atoms. The summed E-state index contributed by atoms with van der Waals surface area (Å²) in [5, 5.41) is 3.36. The van der Waals surface area contributed by atoms with Crippen LogP contribution in [-0.4, -0.2) is 31.5 Å². The van der Waals surface area contributed by atoms with Gasteiger partial charge in [0, 0.05) is 19.3 Å². The van der Waals surface area contributed by atoms with Crippen molar-refractivity contribution < 1.29 is 8.78 Å². The fourth-order valence-electron chi connectivity index (χ4n) is 1.66. The van der Waals surface area contributed by atoms with Gasteiger partial charge < -0.3 is 10.2 Å². The number of hydrogen-bond donors (Lipinski definition) is 1. The molecule has 102 valence electrons. The zero-order chi connectivity index (χ0) is 13.5. The van der Waals surface area contributed by atoms with Crippen LogP contribution in [0, 0.1) is 0 Å². The third-order valence-electron chi connectivity index (χ3n) is 2.77. The summed E-state index contributed by atoms with van der Waals surface area (Å²) in [7, 11) is 1.62. The van der Waals surface area contributed by atoms with Crippen LogP contribution in [0.4, 0.5) is 14.6 Å². The van der Waals surface area contributed by atoms with Gasteiger partial charge in [0.1, 0.15) is 5.82 Å². The zero-order valence-electron chi connectivity index (χ0n) is 11.2. The first-order valence-corrected chi connectivity index (χ1v) is 6.23. The Kier molecular flexibility index (Phi) is 5.98. The lowest BCUT2D eigenvalue weighted by Crippen LogP contribution is -2.25. The van der Waals surface area contributed by atoms with Crippen LogP contribution in [-0.2, 0) is 0 Å². The first kappa shape index (κ1) is 14.8. The number of rotatable bonds is 7. The van der Waals surface area contributed by atoms with Crippen molar-refractivity contribution in [1.82, 2.24) is 10.3 Å². The summed E-state index contributed by atoms with van der Waals surface area (Å²) in [5.74, 6) is 0.571. The summed E-state index contributed by atoms with van der Waals surface area (Å²) in [6, 6.07) is 3.94. The standard InChI is InChI=1S/C13H21F2N3/c1-4-7-16-10(2)11-5-6-13(17-8-11)18(3)9-12(14)15/h5-6,8,10,12,16H,4,7,9H2,1-3H3. The minimum absolute atomic E-state index is 0.229. The fraction of sp³-hybridized carbons (Fsp3) is 0.615. The second-order valence-electron chi connectivity index (χ2n) is 4.40. The number of alkyl halides is 2. The predicted molar refractivity (Wildman–Crippen MR) is 70.2 cm³/mol. The van der Waals surface area contributed by atoms with E-state index >= 15 is 0 Å². The third kappa shape index (κ3) is 4.56. The van der Waals surface area contributed by atoms with Gasteiger partial charge >= 0.3 is 0 Å². The molecule has 0 saturated carbocycles. The largest absolute Gasteiger partial charge is 0.354 e. The van der Waals surface area contributed by atoms with Gasteiger partial charge in [-0.3, -0.25) is 0 Å². The van der Waals surface area contributed by atoms with Crippen molar-refractivity contribution in [1.29, 1.82) is 0 Å². The smallest absolute Gasteiger partial charge is 0.255 e. The summed E-state index contributed by atoms with van der Waals surface area (Å²) in [4.78, 5) is 5.67. The monoisotopic (exact) mass is 257 g/mol. The number of halogens is 2. The lowest BCUT2D eigenvalue weighted by Gasteiger charge is -2.19. The Labute approximate surface area is 107 Å². The van der Waals surface area contributed by atoms with Gasteiger partial charge in [-0.05, 0) is 31.5 Å². The van der Waals surface area contributed by atoms with Crippen LogP contribution >= 0.6 is 0 Å². The van der Waals surface area contributed by atoms with Crippen LogP contribution in [0.15, 0.2) is 18.3 Å². The SMILES string of the molecule is CCCNC(C)c1ccc(N(C)CC(F)F)nc1. The lowest BCUT2D eigenvalue weighted by molar-refractivity contribution is 0.156. The maximum atomic E-state index is 12.2. The van der Waals surface area contributed by atoms with Gasteiger partial charge in [0.05, 0.1) is 6.54 Å². The van der Waals surface area contributed by atoms with Crippen LogP contribution in [0.1, 0.15) is 31.9 Å². The Hall–Kier alpha value is -1.23. The summed E-state index contributed by atoms with van der Waals surface area (Å²) < 4.78 is 24.5. The molecule has 0 aromatic carbocycles. The number of pyridine rings is 1. The molecule has 1 aromatic rings. The maximum absolute atomic E-state index is 12.2. The average molecular weight is 257 g/mol. The number of nitrogens with one attached hydrogen (secondary N) is 1. The molecule has 0 aliphatic rings. The van der Waals surface area contributed by atoms with Gasteiger partial charge in [-0.25, -0.2) is 13.8 Å². The number of aromatic nitrogens is 1. The molecule has 0 radical (unpaired) electrons. The molecule has 3 nitrogen and oxygen atoms in total. The Bertz CT molecular complexity index is 341. The first-order valence-electron chi connectivity index (χ1n) is 6.23. The average Bonchev–Trinajstić information content (AvgIpc) is 2.35. The minimum Gasteiger partial charge on any atom is -0.354 e. The third-order valence-corrected chi connectivity index (χ3v) is 2.77. The van der Waals surface area contributed by atoms with Gasteiger partial charge in [-0.15, -0.1) is 0 Å². The second-order valence-corrected chi connectivity index (χ2v) is 4.40. The second kappa shape index (κ2) is 7.26. The number of hydrogen-bond acceptors (Lipinski definition) is 3. The van der Waals surface area contributed by atoms with E-state index in [0.29, 0.717) is 5.82 Å². The van der Waals surface area contributed by atoms with Crippen molar-refractivity contribution in [2.45, 2.75) is 32.7 Å². The topological polar surface area (TPSA) is 28.2 Å². The molecule has 0 amide bonds. The Balaban J connectivity index is 2.61. The molecule has 5 heteroatoms. The number of nitrogens with zero attached hydrogens (tertiary/aromatic N) is 2. The highest BCUT2D eigenvalue weighted by atomic mass is 19.3. The Morgan fingerprint density at radius 1 is 1.39 bits per heavy atom. The van der Waals surface area contributed by atoms with Crippen molar-refractivity contribution in [2.24, 2.45) is 0 Å². The molecule has 0 aliphatic heterocycles. The normalized spacial score (nSPS) is 12.8. The molecule has 1 rings (SSSR count). The molecule has 1 unspecified atom stereocenters. The van der Waals surface area contributed by atoms with Crippen LogP contribution in [0.5, 0.6) is 0 Å². The molecule has 0 aliphatic carbocycles. The van der Waals surface area contributed by atoms with E-state index in [0.717, 1.165) is 18.5 Å².